The number of aromatic nitrogens is 2. The molecule has 0 spiro atoms. The predicted molar refractivity (Wildman–Crippen MR) is 92.3 cm³/mol. The minimum absolute atomic E-state index is 0.152. The van der Waals surface area contributed by atoms with Crippen molar-refractivity contribution >= 4 is 49.3 Å². The molecular formula is C17H12BrN3O. The molecule has 0 unspecified atom stereocenters. The zero-order chi connectivity index (χ0) is 15.1. The molecule has 0 aliphatic carbocycles. The zero-order valence-electron chi connectivity index (χ0n) is 11.5. The lowest BCUT2D eigenvalue weighted by atomic mass is 10.2. The second-order valence-electron chi connectivity index (χ2n) is 5.11. The zero-order valence-corrected chi connectivity index (χ0v) is 13.1. The first-order valence-corrected chi connectivity index (χ1v) is 7.66. The lowest BCUT2D eigenvalue weighted by Crippen LogP contribution is -2.12. The molecule has 0 radical (unpaired) electrons. The number of aromatic amines is 2. The summed E-state index contributed by atoms with van der Waals surface area (Å²) in [7, 11) is 0. The van der Waals surface area contributed by atoms with Crippen LogP contribution in [0.3, 0.4) is 0 Å². The third-order valence-corrected chi connectivity index (χ3v) is 4.17. The monoisotopic (exact) mass is 353 g/mol. The fraction of sp³-hybridized carbons (Fsp3) is 0. The minimum atomic E-state index is -0.152. The molecule has 108 valence electrons. The SMILES string of the molecule is O=C(Nc1cccc2[nH]ccc12)c1cc2ccc(Br)cc2[nH]1. The van der Waals surface area contributed by atoms with E-state index >= 15 is 0 Å². The normalized spacial score (nSPS) is 11.1. The van der Waals surface area contributed by atoms with Gasteiger partial charge in [0.25, 0.3) is 5.91 Å². The summed E-state index contributed by atoms with van der Waals surface area (Å²) in [5, 5.41) is 4.96. The van der Waals surface area contributed by atoms with Gasteiger partial charge in [-0.05, 0) is 36.4 Å². The summed E-state index contributed by atoms with van der Waals surface area (Å²) in [4.78, 5) is 18.8. The maximum atomic E-state index is 12.5. The second-order valence-corrected chi connectivity index (χ2v) is 6.03. The Bertz CT molecular complexity index is 999. The number of hydrogen-bond donors (Lipinski definition) is 3. The van der Waals surface area contributed by atoms with Crippen LogP contribution in [0.2, 0.25) is 0 Å². The van der Waals surface area contributed by atoms with Crippen molar-refractivity contribution in [3.8, 4) is 0 Å². The van der Waals surface area contributed by atoms with Gasteiger partial charge in [-0.25, -0.2) is 0 Å². The molecule has 0 atom stereocenters. The van der Waals surface area contributed by atoms with Gasteiger partial charge in [0.15, 0.2) is 0 Å². The molecule has 0 fully saturated rings. The van der Waals surface area contributed by atoms with Crippen LogP contribution in [-0.4, -0.2) is 15.9 Å². The summed E-state index contributed by atoms with van der Waals surface area (Å²) in [6.45, 7) is 0. The van der Waals surface area contributed by atoms with Gasteiger partial charge in [-0.3, -0.25) is 4.79 Å². The Kier molecular flexibility index (Phi) is 3.01. The van der Waals surface area contributed by atoms with Crippen LogP contribution in [0.1, 0.15) is 10.5 Å². The number of hydrogen-bond acceptors (Lipinski definition) is 1. The molecule has 4 nitrogen and oxygen atoms in total. The van der Waals surface area contributed by atoms with Crippen molar-refractivity contribution in [2.45, 2.75) is 0 Å². The number of rotatable bonds is 2. The number of carbonyl (C=O) groups excluding carboxylic acids is 1. The lowest BCUT2D eigenvalue weighted by Gasteiger charge is -2.05. The number of benzene rings is 2. The van der Waals surface area contributed by atoms with Crippen LogP contribution < -0.4 is 5.32 Å². The molecule has 22 heavy (non-hydrogen) atoms. The molecule has 0 bridgehead atoms. The van der Waals surface area contributed by atoms with E-state index in [1.165, 1.54) is 0 Å². The van der Waals surface area contributed by atoms with Crippen molar-refractivity contribution in [3.63, 3.8) is 0 Å². The molecule has 0 aliphatic heterocycles. The summed E-state index contributed by atoms with van der Waals surface area (Å²) < 4.78 is 0.978. The van der Waals surface area contributed by atoms with Gasteiger partial charge < -0.3 is 15.3 Å². The topological polar surface area (TPSA) is 60.7 Å². The highest BCUT2D eigenvalue weighted by Crippen LogP contribution is 2.24. The Labute approximate surface area is 134 Å². The van der Waals surface area contributed by atoms with Gasteiger partial charge in [-0.2, -0.15) is 0 Å². The van der Waals surface area contributed by atoms with Crippen molar-refractivity contribution in [1.29, 1.82) is 0 Å². The molecule has 3 N–H and O–H groups in total. The van der Waals surface area contributed by atoms with E-state index < -0.39 is 0 Å². The Balaban J connectivity index is 1.70. The predicted octanol–water partition coefficient (Wildman–Crippen LogP) is 4.66. The van der Waals surface area contributed by atoms with Gasteiger partial charge in [-0.1, -0.05) is 28.1 Å². The Hall–Kier alpha value is -2.53. The number of carbonyl (C=O) groups is 1. The van der Waals surface area contributed by atoms with E-state index in [4.69, 9.17) is 0 Å². The third kappa shape index (κ3) is 2.19. The number of anilines is 1. The number of H-pyrrole nitrogens is 2. The van der Waals surface area contributed by atoms with E-state index in [1.807, 2.05) is 54.7 Å². The highest BCUT2D eigenvalue weighted by molar-refractivity contribution is 9.10. The Morgan fingerprint density at radius 2 is 1.95 bits per heavy atom. The number of amides is 1. The number of fused-ring (bicyclic) bond motifs is 2. The quantitative estimate of drug-likeness (QED) is 0.482. The molecule has 0 saturated carbocycles. The maximum Gasteiger partial charge on any atom is 0.272 e. The van der Waals surface area contributed by atoms with Crippen LogP contribution in [0, 0.1) is 0 Å². The van der Waals surface area contributed by atoms with E-state index in [-0.39, 0.29) is 5.91 Å². The average molecular weight is 354 g/mol. The van der Waals surface area contributed by atoms with Crippen LogP contribution in [0.4, 0.5) is 5.69 Å². The fourth-order valence-corrected chi connectivity index (χ4v) is 2.97. The molecule has 5 heteroatoms. The standard InChI is InChI=1S/C17H12BrN3O/c18-11-5-4-10-8-16(20-15(10)9-11)17(22)21-14-3-1-2-13-12(14)6-7-19-13/h1-9,19-20H,(H,21,22). The molecule has 4 rings (SSSR count). The highest BCUT2D eigenvalue weighted by Gasteiger charge is 2.11. The first-order chi connectivity index (χ1) is 10.7. The smallest absolute Gasteiger partial charge is 0.272 e. The van der Waals surface area contributed by atoms with Crippen molar-refractivity contribution < 1.29 is 4.79 Å². The van der Waals surface area contributed by atoms with E-state index in [0.29, 0.717) is 5.69 Å². The van der Waals surface area contributed by atoms with E-state index in [0.717, 1.165) is 32.0 Å². The van der Waals surface area contributed by atoms with Gasteiger partial charge in [0.1, 0.15) is 5.69 Å². The molecule has 2 heterocycles. The number of nitrogens with one attached hydrogen (secondary N) is 3. The summed E-state index contributed by atoms with van der Waals surface area (Å²) in [5.74, 6) is -0.152. The maximum absolute atomic E-state index is 12.5. The van der Waals surface area contributed by atoms with Gasteiger partial charge in [0.2, 0.25) is 0 Å². The van der Waals surface area contributed by atoms with Crippen molar-refractivity contribution in [1.82, 2.24) is 9.97 Å². The fourth-order valence-electron chi connectivity index (χ4n) is 2.61. The number of halogens is 1. The first kappa shape index (κ1) is 13.2. The summed E-state index contributed by atoms with van der Waals surface area (Å²) >= 11 is 3.43. The minimum Gasteiger partial charge on any atom is -0.361 e. The lowest BCUT2D eigenvalue weighted by molar-refractivity contribution is 0.102. The van der Waals surface area contributed by atoms with Crippen LogP contribution in [0.5, 0.6) is 0 Å². The largest absolute Gasteiger partial charge is 0.361 e. The molecular weight excluding hydrogens is 342 g/mol. The first-order valence-electron chi connectivity index (χ1n) is 6.86. The van der Waals surface area contributed by atoms with E-state index in [1.54, 1.807) is 0 Å². The van der Waals surface area contributed by atoms with Crippen molar-refractivity contribution in [2.24, 2.45) is 0 Å². The van der Waals surface area contributed by atoms with Gasteiger partial charge in [-0.15, -0.1) is 0 Å². The summed E-state index contributed by atoms with van der Waals surface area (Å²) in [5.41, 5.74) is 3.27. The third-order valence-electron chi connectivity index (χ3n) is 3.67. The molecule has 0 aliphatic rings. The average Bonchev–Trinajstić information content (AvgIpc) is 3.13. The molecule has 2 aromatic carbocycles. The molecule has 4 aromatic rings. The molecule has 2 aromatic heterocycles. The van der Waals surface area contributed by atoms with Gasteiger partial charge >= 0.3 is 0 Å². The van der Waals surface area contributed by atoms with E-state index in [9.17, 15) is 4.79 Å². The Morgan fingerprint density at radius 3 is 2.86 bits per heavy atom. The summed E-state index contributed by atoms with van der Waals surface area (Å²) in [6, 6.07) is 15.5. The highest BCUT2D eigenvalue weighted by atomic mass is 79.9. The van der Waals surface area contributed by atoms with Gasteiger partial charge in [0.05, 0.1) is 5.69 Å². The molecule has 1 amide bonds. The van der Waals surface area contributed by atoms with Gasteiger partial charge in [0, 0.05) is 32.5 Å². The van der Waals surface area contributed by atoms with E-state index in [2.05, 4.69) is 31.2 Å². The van der Waals surface area contributed by atoms with Crippen LogP contribution in [-0.2, 0) is 0 Å². The second kappa shape index (κ2) is 5.03. The van der Waals surface area contributed by atoms with Crippen LogP contribution >= 0.6 is 15.9 Å². The summed E-state index contributed by atoms with van der Waals surface area (Å²) in [6.07, 6.45) is 1.86. The van der Waals surface area contributed by atoms with Crippen molar-refractivity contribution in [3.05, 3.63) is 64.9 Å². The van der Waals surface area contributed by atoms with Crippen LogP contribution in [0.15, 0.2) is 59.2 Å². The Morgan fingerprint density at radius 1 is 1.05 bits per heavy atom. The molecule has 0 saturated heterocycles. The van der Waals surface area contributed by atoms with Crippen molar-refractivity contribution in [2.75, 3.05) is 5.32 Å². The van der Waals surface area contributed by atoms with Crippen LogP contribution in [0.25, 0.3) is 21.8 Å².